The second-order valence-electron chi connectivity index (χ2n) is 9.47. The van der Waals surface area contributed by atoms with E-state index in [4.69, 9.17) is 30.2 Å². The molecule has 14 nitrogen and oxygen atoms in total. The van der Waals surface area contributed by atoms with Gasteiger partial charge in [-0.25, -0.2) is 13.8 Å². The van der Waals surface area contributed by atoms with E-state index >= 15 is 0 Å². The molecule has 0 radical (unpaired) electrons. The van der Waals surface area contributed by atoms with E-state index in [1.807, 2.05) is 0 Å². The fourth-order valence-corrected chi connectivity index (χ4v) is 5.69. The fourth-order valence-electron chi connectivity index (χ4n) is 4.06. The predicted octanol–water partition coefficient (Wildman–Crippen LogP) is 3.56. The predicted molar refractivity (Wildman–Crippen MR) is 173 cm³/mol. The number of sulfonamides is 1. The maximum absolute atomic E-state index is 13.7. The molecule has 3 amide bonds. The van der Waals surface area contributed by atoms with Crippen LogP contribution in [0.25, 0.3) is 0 Å². The number of carbonyl (C=O) groups is 3. The van der Waals surface area contributed by atoms with Crippen molar-refractivity contribution in [1.29, 1.82) is 0 Å². The van der Waals surface area contributed by atoms with Crippen LogP contribution in [0.15, 0.2) is 93.3 Å². The fraction of sp³-hybridized carbons (Fsp3) is 0.161. The van der Waals surface area contributed by atoms with Gasteiger partial charge in [0.05, 0.1) is 44.7 Å². The van der Waals surface area contributed by atoms with E-state index in [9.17, 15) is 22.8 Å². The van der Waals surface area contributed by atoms with Gasteiger partial charge >= 0.3 is 11.8 Å². The summed E-state index contributed by atoms with van der Waals surface area (Å²) in [4.78, 5) is 37.1. The molecule has 0 atom stereocenters. The maximum atomic E-state index is 13.7. The Morgan fingerprint density at radius 1 is 0.894 bits per heavy atom. The topological polar surface area (TPSA) is 178 Å². The molecule has 246 valence electrons. The Labute approximate surface area is 275 Å². The molecule has 0 aliphatic rings. The van der Waals surface area contributed by atoms with Gasteiger partial charge in [-0.05, 0) is 66.7 Å². The number of benzene rings is 3. The zero-order valence-electron chi connectivity index (χ0n) is 25.4. The zero-order chi connectivity index (χ0) is 34.0. The lowest BCUT2D eigenvalue weighted by atomic mass is 10.3. The van der Waals surface area contributed by atoms with E-state index in [-0.39, 0.29) is 28.6 Å². The summed E-state index contributed by atoms with van der Waals surface area (Å²) in [6.07, 6.45) is 1.19. The molecule has 0 spiro atoms. The van der Waals surface area contributed by atoms with Crippen molar-refractivity contribution in [3.63, 3.8) is 0 Å². The third kappa shape index (κ3) is 9.02. The van der Waals surface area contributed by atoms with E-state index in [2.05, 4.69) is 21.2 Å². The molecule has 1 aromatic heterocycles. The molecule has 0 aliphatic carbocycles. The summed E-state index contributed by atoms with van der Waals surface area (Å²) in [5.41, 5.74) is 2.84. The van der Waals surface area contributed by atoms with Gasteiger partial charge in [-0.3, -0.25) is 18.7 Å². The van der Waals surface area contributed by atoms with Gasteiger partial charge in [0.1, 0.15) is 23.8 Å². The molecule has 0 bridgehead atoms. The lowest BCUT2D eigenvalue weighted by molar-refractivity contribution is -0.136. The van der Waals surface area contributed by atoms with E-state index in [1.54, 1.807) is 36.4 Å². The van der Waals surface area contributed by atoms with Crippen molar-refractivity contribution >= 4 is 56.9 Å². The zero-order valence-corrected chi connectivity index (χ0v) is 26.9. The summed E-state index contributed by atoms with van der Waals surface area (Å²) in [7, 11) is -0.0108. The van der Waals surface area contributed by atoms with Gasteiger partial charge in [0.15, 0.2) is 11.5 Å². The van der Waals surface area contributed by atoms with Crippen LogP contribution in [0.5, 0.6) is 17.2 Å². The van der Waals surface area contributed by atoms with Gasteiger partial charge in [0, 0.05) is 16.8 Å². The number of hydrazone groups is 1. The molecule has 0 unspecified atom stereocenters. The highest BCUT2D eigenvalue weighted by Crippen LogP contribution is 2.32. The molecule has 16 heteroatoms. The molecule has 4 aromatic rings. The number of furan rings is 1. The van der Waals surface area contributed by atoms with Crippen LogP contribution in [0.4, 0.5) is 11.4 Å². The SMILES string of the molecule is COc1ccc(N(CC(=O)N/N=C\c2ccc(CNC(=O)C(=O)Nc3cccc(Cl)c3)o2)S(=O)(=O)c2ccc(OC)c(OC)c2)cc1. The van der Waals surface area contributed by atoms with Crippen LogP contribution in [-0.2, 0) is 31.0 Å². The number of hydrogen-bond donors (Lipinski definition) is 3. The van der Waals surface area contributed by atoms with Crippen LogP contribution in [0.1, 0.15) is 11.5 Å². The van der Waals surface area contributed by atoms with Crippen LogP contribution in [0.3, 0.4) is 0 Å². The first kappa shape index (κ1) is 34.3. The first-order chi connectivity index (χ1) is 22.5. The Hall–Kier alpha value is -5.54. The molecule has 4 rings (SSSR count). The number of anilines is 2. The summed E-state index contributed by atoms with van der Waals surface area (Å²) < 4.78 is 49.6. The Morgan fingerprint density at radius 2 is 1.64 bits per heavy atom. The van der Waals surface area contributed by atoms with Crippen molar-refractivity contribution < 1.29 is 41.4 Å². The smallest absolute Gasteiger partial charge is 0.313 e. The number of hydrogen-bond acceptors (Lipinski definition) is 10. The van der Waals surface area contributed by atoms with Crippen molar-refractivity contribution in [2.45, 2.75) is 11.4 Å². The summed E-state index contributed by atoms with van der Waals surface area (Å²) in [5, 5.41) is 9.12. The Bertz CT molecular complexity index is 1880. The van der Waals surface area contributed by atoms with Crippen LogP contribution in [-0.4, -0.2) is 60.2 Å². The molecular weight excluding hydrogens is 654 g/mol. The average Bonchev–Trinajstić information content (AvgIpc) is 3.53. The number of amides is 3. The molecule has 3 N–H and O–H groups in total. The summed E-state index contributed by atoms with van der Waals surface area (Å²) in [6.45, 7) is -0.736. The monoisotopic (exact) mass is 683 g/mol. The van der Waals surface area contributed by atoms with E-state index in [0.29, 0.717) is 28.0 Å². The molecular formula is C31H30ClN5O9S. The minimum absolute atomic E-state index is 0.104. The van der Waals surface area contributed by atoms with E-state index in [1.165, 1.54) is 70.0 Å². The number of nitrogens with one attached hydrogen (secondary N) is 3. The third-order valence-corrected chi connectivity index (χ3v) is 8.37. The van der Waals surface area contributed by atoms with Gasteiger partial charge in [-0.1, -0.05) is 17.7 Å². The van der Waals surface area contributed by atoms with Crippen molar-refractivity contribution in [2.24, 2.45) is 5.10 Å². The molecule has 0 saturated heterocycles. The lowest BCUT2D eigenvalue weighted by Gasteiger charge is -2.24. The number of nitrogens with zero attached hydrogens (tertiary/aromatic N) is 2. The van der Waals surface area contributed by atoms with Crippen molar-refractivity contribution in [3.8, 4) is 17.2 Å². The average molecular weight is 684 g/mol. The first-order valence-corrected chi connectivity index (χ1v) is 15.5. The Morgan fingerprint density at radius 3 is 2.32 bits per heavy atom. The van der Waals surface area contributed by atoms with Crippen LogP contribution < -0.4 is 34.6 Å². The molecule has 1 heterocycles. The Balaban J connectivity index is 1.39. The number of carbonyl (C=O) groups excluding carboxylic acids is 3. The van der Waals surface area contributed by atoms with Gasteiger partial charge in [-0.15, -0.1) is 0 Å². The highest BCUT2D eigenvalue weighted by atomic mass is 35.5. The maximum Gasteiger partial charge on any atom is 0.313 e. The van der Waals surface area contributed by atoms with Crippen molar-refractivity contribution in [1.82, 2.24) is 10.7 Å². The molecule has 47 heavy (non-hydrogen) atoms. The lowest BCUT2D eigenvalue weighted by Crippen LogP contribution is -2.39. The highest BCUT2D eigenvalue weighted by molar-refractivity contribution is 7.92. The molecule has 0 fully saturated rings. The highest BCUT2D eigenvalue weighted by Gasteiger charge is 2.28. The second kappa shape index (κ2) is 15.6. The Kier molecular flexibility index (Phi) is 11.4. The number of ether oxygens (including phenoxy) is 3. The van der Waals surface area contributed by atoms with E-state index in [0.717, 1.165) is 4.31 Å². The van der Waals surface area contributed by atoms with Crippen molar-refractivity contribution in [3.05, 3.63) is 95.4 Å². The van der Waals surface area contributed by atoms with Crippen LogP contribution in [0.2, 0.25) is 5.02 Å². The summed E-state index contributed by atoms with van der Waals surface area (Å²) in [5.74, 6) is -1.02. The number of halogens is 1. The molecule has 3 aromatic carbocycles. The largest absolute Gasteiger partial charge is 0.497 e. The normalized spacial score (nSPS) is 11.1. The third-order valence-electron chi connectivity index (χ3n) is 6.37. The first-order valence-electron chi connectivity index (χ1n) is 13.7. The van der Waals surface area contributed by atoms with E-state index < -0.39 is 34.3 Å². The standard InChI is InChI=1S/C31H30ClN5O9S/c1-43-23-9-7-22(8-10-23)37(47(41,42)26-13-14-27(44-2)28(16-26)45-3)19-29(38)36-34-18-25-12-11-24(46-25)17-33-30(39)31(40)35-21-6-4-5-20(32)15-21/h4-16,18H,17,19H2,1-3H3,(H,33,39)(H,35,40)(H,36,38)/b34-18-. The van der Waals surface area contributed by atoms with Gasteiger partial charge < -0.3 is 29.3 Å². The minimum Gasteiger partial charge on any atom is -0.497 e. The second-order valence-corrected chi connectivity index (χ2v) is 11.8. The minimum atomic E-state index is -4.28. The van der Waals surface area contributed by atoms with Gasteiger partial charge in [0.2, 0.25) is 0 Å². The molecule has 0 aliphatic heterocycles. The number of methoxy groups -OCH3 is 3. The van der Waals surface area contributed by atoms with Crippen LogP contribution in [0, 0.1) is 0 Å². The number of rotatable bonds is 13. The van der Waals surface area contributed by atoms with Gasteiger partial charge in [0.25, 0.3) is 15.9 Å². The van der Waals surface area contributed by atoms with Crippen molar-refractivity contribution in [2.75, 3.05) is 37.5 Å². The summed E-state index contributed by atoms with van der Waals surface area (Å²) in [6, 6.07) is 19.6. The molecule has 0 saturated carbocycles. The summed E-state index contributed by atoms with van der Waals surface area (Å²) >= 11 is 5.89. The van der Waals surface area contributed by atoms with Crippen LogP contribution >= 0.6 is 11.6 Å². The van der Waals surface area contributed by atoms with Gasteiger partial charge in [-0.2, -0.15) is 5.10 Å². The quantitative estimate of drug-likeness (QED) is 0.108.